The van der Waals surface area contributed by atoms with Crippen molar-refractivity contribution in [1.82, 2.24) is 0 Å². The maximum absolute atomic E-state index is 13.1. The van der Waals surface area contributed by atoms with Gasteiger partial charge in [-0.3, -0.25) is 14.9 Å². The highest BCUT2D eigenvalue weighted by molar-refractivity contribution is 5.93. The molecule has 0 saturated heterocycles. The number of halogens is 3. The van der Waals surface area contributed by atoms with Crippen molar-refractivity contribution in [2.45, 2.75) is 13.1 Å². The molecule has 0 unspecified atom stereocenters. The highest BCUT2D eigenvalue weighted by atomic mass is 19.4. The Morgan fingerprint density at radius 1 is 1.14 bits per heavy atom. The van der Waals surface area contributed by atoms with Gasteiger partial charge in [0.15, 0.2) is 13.2 Å². The molecule has 2 rings (SSSR count). The van der Waals surface area contributed by atoms with Gasteiger partial charge in [0.1, 0.15) is 5.75 Å². The van der Waals surface area contributed by atoms with E-state index in [1.807, 2.05) is 18.3 Å². The fourth-order valence-corrected chi connectivity index (χ4v) is 2.21. The van der Waals surface area contributed by atoms with E-state index in [9.17, 15) is 32.9 Å². The quantitative estimate of drug-likeness (QED) is 0.424. The second-order valence-electron chi connectivity index (χ2n) is 5.80. The number of hydrogen-bond donors (Lipinski definition) is 1. The Hall–Kier alpha value is -3.63. The number of hydrogen-bond acceptors (Lipinski definition) is 6. The molecule has 0 aliphatic carbocycles. The third-order valence-electron chi connectivity index (χ3n) is 3.50. The first-order valence-electron chi connectivity index (χ1n) is 8.07. The van der Waals surface area contributed by atoms with Crippen LogP contribution in [0.15, 0.2) is 42.5 Å². The topological polar surface area (TPSA) is 108 Å². The predicted octanol–water partition coefficient (Wildman–Crippen LogP) is 3.48. The summed E-state index contributed by atoms with van der Waals surface area (Å²) in [6.07, 6.45) is -4.94. The molecule has 154 valence electrons. The van der Waals surface area contributed by atoms with Gasteiger partial charge in [-0.2, -0.15) is 13.2 Å². The molecule has 0 atom stereocenters. The van der Waals surface area contributed by atoms with Crippen LogP contribution in [0.3, 0.4) is 0 Å². The van der Waals surface area contributed by atoms with Crippen LogP contribution in [0.5, 0.6) is 5.75 Å². The van der Waals surface area contributed by atoms with E-state index in [-0.39, 0.29) is 0 Å². The maximum Gasteiger partial charge on any atom is 0.418 e. The summed E-state index contributed by atoms with van der Waals surface area (Å²) in [4.78, 5) is 33.1. The third kappa shape index (κ3) is 6.48. The van der Waals surface area contributed by atoms with Gasteiger partial charge in [0.05, 0.1) is 16.2 Å². The lowest BCUT2D eigenvalue weighted by atomic mass is 10.1. The molecule has 0 aliphatic heterocycles. The van der Waals surface area contributed by atoms with E-state index < -0.39 is 53.1 Å². The van der Waals surface area contributed by atoms with Gasteiger partial charge >= 0.3 is 12.1 Å². The van der Waals surface area contributed by atoms with Crippen molar-refractivity contribution >= 4 is 23.3 Å². The SMILES string of the molecule is Cc1cccc(OCC(=O)OCC(=O)Nc2ccc([N+](=O)[O-])cc2C(F)(F)F)c1. The van der Waals surface area contributed by atoms with Crippen molar-refractivity contribution in [3.8, 4) is 5.75 Å². The number of ether oxygens (including phenoxy) is 2. The number of anilines is 1. The number of non-ortho nitro benzene ring substituents is 1. The largest absolute Gasteiger partial charge is 0.482 e. The molecule has 0 bridgehead atoms. The Labute approximate surface area is 162 Å². The molecule has 1 amide bonds. The standard InChI is InChI=1S/C18H15F3N2O6/c1-11-3-2-4-13(7-11)28-10-17(25)29-9-16(24)22-15-6-5-12(23(26)27)8-14(15)18(19,20)21/h2-8H,9-10H2,1H3,(H,22,24). The molecule has 11 heteroatoms. The molecule has 0 radical (unpaired) electrons. The van der Waals surface area contributed by atoms with Crippen molar-refractivity contribution in [1.29, 1.82) is 0 Å². The Kier molecular flexibility index (Phi) is 6.75. The highest BCUT2D eigenvalue weighted by Crippen LogP contribution is 2.37. The molecule has 0 spiro atoms. The van der Waals surface area contributed by atoms with Crippen molar-refractivity contribution in [3.63, 3.8) is 0 Å². The van der Waals surface area contributed by atoms with Crippen LogP contribution in [-0.4, -0.2) is 30.0 Å². The number of nitrogens with zero attached hydrogens (tertiary/aromatic N) is 1. The molecule has 0 heterocycles. The monoisotopic (exact) mass is 412 g/mol. The summed E-state index contributed by atoms with van der Waals surface area (Å²) >= 11 is 0. The summed E-state index contributed by atoms with van der Waals surface area (Å²) in [5.74, 6) is -1.54. The van der Waals surface area contributed by atoms with Gasteiger partial charge in [0, 0.05) is 12.1 Å². The van der Waals surface area contributed by atoms with Gasteiger partial charge in [0.2, 0.25) is 0 Å². The smallest absolute Gasteiger partial charge is 0.418 e. The first kappa shape index (κ1) is 21.7. The number of carbonyl (C=O) groups is 2. The summed E-state index contributed by atoms with van der Waals surface area (Å²) in [6, 6.07) is 8.69. The van der Waals surface area contributed by atoms with E-state index in [1.165, 1.54) is 0 Å². The van der Waals surface area contributed by atoms with Crippen molar-refractivity contribution in [2.75, 3.05) is 18.5 Å². The van der Waals surface area contributed by atoms with Gasteiger partial charge in [-0.25, -0.2) is 4.79 Å². The molecule has 0 fully saturated rings. The summed E-state index contributed by atoms with van der Waals surface area (Å²) in [7, 11) is 0. The zero-order valence-corrected chi connectivity index (χ0v) is 15.0. The maximum atomic E-state index is 13.1. The predicted molar refractivity (Wildman–Crippen MR) is 94.4 cm³/mol. The molecule has 1 N–H and O–H groups in total. The van der Waals surface area contributed by atoms with Crippen LogP contribution in [0, 0.1) is 17.0 Å². The fraction of sp³-hybridized carbons (Fsp3) is 0.222. The number of carbonyl (C=O) groups excluding carboxylic acids is 2. The molecule has 0 saturated carbocycles. The average Bonchev–Trinajstić information content (AvgIpc) is 2.64. The second-order valence-corrected chi connectivity index (χ2v) is 5.80. The van der Waals surface area contributed by atoms with E-state index >= 15 is 0 Å². The number of aryl methyl sites for hydroxylation is 1. The van der Waals surface area contributed by atoms with Gasteiger partial charge in [0.25, 0.3) is 11.6 Å². The molecule has 2 aromatic rings. The molecule has 29 heavy (non-hydrogen) atoms. The first-order valence-corrected chi connectivity index (χ1v) is 8.07. The van der Waals surface area contributed by atoms with Crippen LogP contribution >= 0.6 is 0 Å². The highest BCUT2D eigenvalue weighted by Gasteiger charge is 2.35. The van der Waals surface area contributed by atoms with Crippen LogP contribution in [0.2, 0.25) is 0 Å². The zero-order valence-electron chi connectivity index (χ0n) is 15.0. The lowest BCUT2D eigenvalue weighted by Crippen LogP contribution is -2.24. The number of alkyl halides is 3. The van der Waals surface area contributed by atoms with E-state index in [0.29, 0.717) is 11.8 Å². The van der Waals surface area contributed by atoms with Gasteiger partial charge in [-0.1, -0.05) is 12.1 Å². The minimum atomic E-state index is -4.94. The molecular formula is C18H15F3N2O6. The fourth-order valence-electron chi connectivity index (χ4n) is 2.21. The van der Waals surface area contributed by atoms with Crippen molar-refractivity contribution < 1.29 is 37.2 Å². The van der Waals surface area contributed by atoms with Crippen LogP contribution in [-0.2, 0) is 20.5 Å². The summed E-state index contributed by atoms with van der Waals surface area (Å²) in [6.45, 7) is 0.468. The van der Waals surface area contributed by atoms with E-state index in [2.05, 4.69) is 4.74 Å². The molecule has 2 aromatic carbocycles. The average molecular weight is 412 g/mol. The van der Waals surface area contributed by atoms with Crippen LogP contribution in [0.1, 0.15) is 11.1 Å². The molecule has 0 aliphatic rings. The first-order chi connectivity index (χ1) is 13.6. The number of nitro benzene ring substituents is 1. The van der Waals surface area contributed by atoms with E-state index in [4.69, 9.17) is 4.74 Å². The van der Waals surface area contributed by atoms with Crippen LogP contribution in [0.4, 0.5) is 24.5 Å². The number of benzene rings is 2. The Bertz CT molecular complexity index is 930. The minimum absolute atomic E-state index is 0.303. The number of esters is 1. The van der Waals surface area contributed by atoms with Crippen molar-refractivity contribution in [3.05, 3.63) is 63.7 Å². The summed E-state index contributed by atoms with van der Waals surface area (Å²) in [5, 5.41) is 12.6. The molecule has 0 aromatic heterocycles. The zero-order chi connectivity index (χ0) is 21.6. The number of nitro groups is 1. The molecular weight excluding hydrogens is 397 g/mol. The Balaban J connectivity index is 1.93. The Morgan fingerprint density at radius 2 is 1.86 bits per heavy atom. The van der Waals surface area contributed by atoms with Crippen molar-refractivity contribution in [2.24, 2.45) is 0 Å². The Morgan fingerprint density at radius 3 is 2.48 bits per heavy atom. The molecule has 8 nitrogen and oxygen atoms in total. The van der Waals surface area contributed by atoms with Gasteiger partial charge in [-0.05, 0) is 30.7 Å². The lowest BCUT2D eigenvalue weighted by molar-refractivity contribution is -0.385. The summed E-state index contributed by atoms with van der Waals surface area (Å²) < 4.78 is 49.0. The number of nitrogens with one attached hydrogen (secondary N) is 1. The van der Waals surface area contributed by atoms with Crippen LogP contribution in [0.25, 0.3) is 0 Å². The normalized spacial score (nSPS) is 10.9. The van der Waals surface area contributed by atoms with E-state index in [0.717, 1.165) is 17.7 Å². The van der Waals surface area contributed by atoms with E-state index in [1.54, 1.807) is 18.2 Å². The number of rotatable bonds is 7. The lowest BCUT2D eigenvalue weighted by Gasteiger charge is -2.13. The summed E-state index contributed by atoms with van der Waals surface area (Å²) in [5.41, 5.74) is -1.97. The number of amides is 1. The van der Waals surface area contributed by atoms with Crippen LogP contribution < -0.4 is 10.1 Å². The third-order valence-corrected chi connectivity index (χ3v) is 3.50. The minimum Gasteiger partial charge on any atom is -0.482 e. The second kappa shape index (κ2) is 9.04. The van der Waals surface area contributed by atoms with Gasteiger partial charge in [-0.15, -0.1) is 0 Å². The van der Waals surface area contributed by atoms with Gasteiger partial charge < -0.3 is 14.8 Å².